The Morgan fingerprint density at radius 1 is 1.00 bits per heavy atom. The molecule has 1 aromatic carbocycles. The lowest BCUT2D eigenvalue weighted by atomic mass is 10.1. The van der Waals surface area contributed by atoms with Crippen LogP contribution in [0.3, 0.4) is 0 Å². The van der Waals surface area contributed by atoms with Gasteiger partial charge in [0.05, 0.1) is 6.54 Å². The molecule has 0 spiro atoms. The summed E-state index contributed by atoms with van der Waals surface area (Å²) < 4.78 is 0. The maximum Gasteiger partial charge on any atom is 0.317 e. The molecule has 30 heavy (non-hydrogen) atoms. The normalized spacial score (nSPS) is 14.0. The third-order valence-corrected chi connectivity index (χ3v) is 5.19. The number of aromatic amines is 1. The van der Waals surface area contributed by atoms with Crippen LogP contribution in [-0.2, 0) is 11.2 Å². The molecule has 0 atom stereocenters. The minimum absolute atomic E-state index is 0.0330. The topological polar surface area (TPSA) is 106 Å². The van der Waals surface area contributed by atoms with E-state index >= 15 is 0 Å². The van der Waals surface area contributed by atoms with Crippen molar-refractivity contribution in [3.63, 3.8) is 0 Å². The SMILES string of the molecule is O=C(CNC(=O)N1CCN(c2ncccn2)CC1)NCCc1c[nH]c2ccccc12. The van der Waals surface area contributed by atoms with Crippen LogP contribution in [0.15, 0.2) is 48.9 Å². The second-order valence-corrected chi connectivity index (χ2v) is 7.14. The zero-order chi connectivity index (χ0) is 20.8. The predicted molar refractivity (Wildman–Crippen MR) is 114 cm³/mol. The number of aromatic nitrogens is 3. The molecule has 156 valence electrons. The Balaban J connectivity index is 1.16. The van der Waals surface area contributed by atoms with Crippen LogP contribution in [0.1, 0.15) is 5.56 Å². The highest BCUT2D eigenvalue weighted by Gasteiger charge is 2.22. The van der Waals surface area contributed by atoms with E-state index < -0.39 is 0 Å². The number of rotatable bonds is 6. The number of nitrogens with one attached hydrogen (secondary N) is 3. The van der Waals surface area contributed by atoms with Gasteiger partial charge in [0.2, 0.25) is 11.9 Å². The summed E-state index contributed by atoms with van der Waals surface area (Å²) in [6, 6.07) is 9.63. The Labute approximate surface area is 174 Å². The molecule has 0 radical (unpaired) electrons. The second-order valence-electron chi connectivity index (χ2n) is 7.14. The number of H-pyrrole nitrogens is 1. The van der Waals surface area contributed by atoms with Gasteiger partial charge in [-0.15, -0.1) is 0 Å². The van der Waals surface area contributed by atoms with Gasteiger partial charge < -0.3 is 25.4 Å². The molecular weight excluding hydrogens is 382 g/mol. The maximum atomic E-state index is 12.3. The Morgan fingerprint density at radius 3 is 2.57 bits per heavy atom. The van der Waals surface area contributed by atoms with Crippen molar-refractivity contribution in [1.82, 2.24) is 30.5 Å². The molecule has 9 nitrogen and oxygen atoms in total. The molecule has 3 N–H and O–H groups in total. The molecule has 0 unspecified atom stereocenters. The zero-order valence-electron chi connectivity index (χ0n) is 16.7. The monoisotopic (exact) mass is 407 g/mol. The van der Waals surface area contributed by atoms with Gasteiger partial charge in [-0.1, -0.05) is 18.2 Å². The van der Waals surface area contributed by atoms with E-state index in [1.165, 1.54) is 5.39 Å². The van der Waals surface area contributed by atoms with Gasteiger partial charge in [0, 0.05) is 62.2 Å². The number of hydrogen-bond acceptors (Lipinski definition) is 5. The molecule has 2 aromatic heterocycles. The van der Waals surface area contributed by atoms with Gasteiger partial charge in [-0.05, 0) is 24.1 Å². The molecule has 9 heteroatoms. The van der Waals surface area contributed by atoms with E-state index in [4.69, 9.17) is 0 Å². The van der Waals surface area contributed by atoms with Crippen molar-refractivity contribution in [2.45, 2.75) is 6.42 Å². The van der Waals surface area contributed by atoms with Crippen molar-refractivity contribution in [2.24, 2.45) is 0 Å². The van der Waals surface area contributed by atoms with Crippen LogP contribution in [0, 0.1) is 0 Å². The van der Waals surface area contributed by atoms with E-state index in [0.29, 0.717) is 38.7 Å². The number of amides is 3. The van der Waals surface area contributed by atoms with E-state index in [0.717, 1.165) is 17.5 Å². The van der Waals surface area contributed by atoms with Crippen molar-refractivity contribution < 1.29 is 9.59 Å². The van der Waals surface area contributed by atoms with Crippen molar-refractivity contribution in [1.29, 1.82) is 0 Å². The number of para-hydroxylation sites is 1. The summed E-state index contributed by atoms with van der Waals surface area (Å²) >= 11 is 0. The fraction of sp³-hybridized carbons (Fsp3) is 0.333. The number of nitrogens with zero attached hydrogens (tertiary/aromatic N) is 4. The molecule has 0 bridgehead atoms. The van der Waals surface area contributed by atoms with E-state index in [2.05, 4.69) is 31.7 Å². The van der Waals surface area contributed by atoms with Crippen LogP contribution < -0.4 is 15.5 Å². The number of anilines is 1. The highest BCUT2D eigenvalue weighted by atomic mass is 16.2. The molecule has 4 rings (SSSR count). The van der Waals surface area contributed by atoms with Crippen molar-refractivity contribution in [2.75, 3.05) is 44.2 Å². The average Bonchev–Trinajstić information content (AvgIpc) is 3.21. The van der Waals surface area contributed by atoms with Gasteiger partial charge in [-0.25, -0.2) is 14.8 Å². The van der Waals surface area contributed by atoms with Crippen molar-refractivity contribution in [3.05, 3.63) is 54.5 Å². The summed E-state index contributed by atoms with van der Waals surface area (Å²) in [5.41, 5.74) is 2.25. The molecule has 1 fully saturated rings. The van der Waals surface area contributed by atoms with Gasteiger partial charge in [0.1, 0.15) is 0 Å². The highest BCUT2D eigenvalue weighted by Crippen LogP contribution is 2.17. The van der Waals surface area contributed by atoms with Gasteiger partial charge in [0.25, 0.3) is 0 Å². The van der Waals surface area contributed by atoms with Crippen LogP contribution in [0.2, 0.25) is 0 Å². The molecule has 0 aliphatic carbocycles. The first-order valence-electron chi connectivity index (χ1n) is 10.1. The van der Waals surface area contributed by atoms with Crippen LogP contribution in [-0.4, -0.2) is 71.1 Å². The van der Waals surface area contributed by atoms with E-state index in [9.17, 15) is 9.59 Å². The third kappa shape index (κ3) is 4.68. The van der Waals surface area contributed by atoms with Crippen LogP contribution >= 0.6 is 0 Å². The van der Waals surface area contributed by atoms with Crippen LogP contribution in [0.25, 0.3) is 10.9 Å². The molecule has 1 aliphatic rings. The molecule has 0 saturated carbocycles. The number of benzene rings is 1. The first kappa shape index (κ1) is 19.7. The second kappa shape index (κ2) is 9.25. The smallest absolute Gasteiger partial charge is 0.317 e. The summed E-state index contributed by atoms with van der Waals surface area (Å²) in [6.45, 7) is 2.93. The number of piperazine rings is 1. The molecule has 3 amide bonds. The number of hydrogen-bond donors (Lipinski definition) is 3. The quantitative estimate of drug-likeness (QED) is 0.568. The first-order valence-corrected chi connectivity index (χ1v) is 10.1. The minimum Gasteiger partial charge on any atom is -0.361 e. The fourth-order valence-corrected chi connectivity index (χ4v) is 3.57. The van der Waals surface area contributed by atoms with Crippen molar-refractivity contribution >= 4 is 28.8 Å². The van der Waals surface area contributed by atoms with Crippen LogP contribution in [0.5, 0.6) is 0 Å². The molecule has 1 aliphatic heterocycles. The summed E-state index contributed by atoms with van der Waals surface area (Å²) in [5.74, 6) is 0.478. The summed E-state index contributed by atoms with van der Waals surface area (Å²) in [4.78, 5) is 39.9. The maximum absolute atomic E-state index is 12.3. The Kier molecular flexibility index (Phi) is 6.07. The van der Waals surface area contributed by atoms with Gasteiger partial charge in [-0.3, -0.25) is 4.79 Å². The summed E-state index contributed by atoms with van der Waals surface area (Å²) in [7, 11) is 0. The molecule has 1 saturated heterocycles. The largest absolute Gasteiger partial charge is 0.361 e. The first-order chi connectivity index (χ1) is 14.7. The lowest BCUT2D eigenvalue weighted by Gasteiger charge is -2.34. The van der Waals surface area contributed by atoms with Gasteiger partial charge in [-0.2, -0.15) is 0 Å². The molecule has 3 aromatic rings. The standard InChI is InChI=1S/C21H25N7O2/c29-19(22-9-6-16-14-25-18-5-2-1-4-17(16)18)15-26-21(30)28-12-10-27(11-13-28)20-23-7-3-8-24-20/h1-5,7-8,14,25H,6,9-13,15H2,(H,22,29)(H,26,30). The lowest BCUT2D eigenvalue weighted by Crippen LogP contribution is -2.53. The van der Waals surface area contributed by atoms with E-state index in [-0.39, 0.29) is 18.5 Å². The Hall–Kier alpha value is -3.62. The minimum atomic E-state index is -0.226. The Morgan fingerprint density at radius 2 is 1.77 bits per heavy atom. The number of fused-ring (bicyclic) bond motifs is 1. The van der Waals surface area contributed by atoms with Crippen molar-refractivity contribution in [3.8, 4) is 0 Å². The molecular formula is C21H25N7O2. The third-order valence-electron chi connectivity index (χ3n) is 5.19. The highest BCUT2D eigenvalue weighted by molar-refractivity contribution is 5.85. The fourth-order valence-electron chi connectivity index (χ4n) is 3.57. The van der Waals surface area contributed by atoms with E-state index in [1.54, 1.807) is 23.4 Å². The van der Waals surface area contributed by atoms with E-state index in [1.807, 2.05) is 29.3 Å². The number of urea groups is 1. The Bertz CT molecular complexity index is 997. The van der Waals surface area contributed by atoms with Gasteiger partial charge in [0.15, 0.2) is 0 Å². The summed E-state index contributed by atoms with van der Waals surface area (Å²) in [6.07, 6.45) is 6.11. The zero-order valence-corrected chi connectivity index (χ0v) is 16.7. The van der Waals surface area contributed by atoms with Gasteiger partial charge >= 0.3 is 6.03 Å². The predicted octanol–water partition coefficient (Wildman–Crippen LogP) is 1.15. The molecule has 3 heterocycles. The van der Waals surface area contributed by atoms with Crippen LogP contribution in [0.4, 0.5) is 10.7 Å². The number of carbonyl (C=O) groups is 2. The summed E-state index contributed by atoms with van der Waals surface area (Å²) in [5, 5.41) is 6.73. The number of carbonyl (C=O) groups excluding carboxylic acids is 2. The lowest BCUT2D eigenvalue weighted by molar-refractivity contribution is -0.120. The average molecular weight is 407 g/mol.